The number of rotatable bonds is 11. The smallest absolute Gasteiger partial charge is 0.206 e. The van der Waals surface area contributed by atoms with Crippen molar-refractivity contribution in [1.82, 2.24) is 4.98 Å². The molecule has 1 N–H and O–H groups in total. The highest BCUT2D eigenvalue weighted by molar-refractivity contribution is 7.91. The van der Waals surface area contributed by atoms with Gasteiger partial charge in [0.05, 0.1) is 21.7 Å². The molecule has 1 aromatic heterocycles. The summed E-state index contributed by atoms with van der Waals surface area (Å²) in [6.45, 7) is 4.61. The SMILES string of the molecule is CC(C)(c1ccccc1)c1ccc(Oc2ccc(S(=O)(=O)c3ccc(O)cc3)cc2)c(COc2ccc(C=Nc3cccnc3)cc2)c1. The van der Waals surface area contributed by atoms with Crippen molar-refractivity contribution in [3.05, 3.63) is 168 Å². The summed E-state index contributed by atoms with van der Waals surface area (Å²) in [7, 11) is -3.76. The van der Waals surface area contributed by atoms with Crippen LogP contribution < -0.4 is 9.47 Å². The molecule has 0 bridgehead atoms. The predicted molar refractivity (Wildman–Crippen MR) is 187 cm³/mol. The summed E-state index contributed by atoms with van der Waals surface area (Å²) >= 11 is 0. The Kier molecular flexibility index (Phi) is 9.36. The van der Waals surface area contributed by atoms with Crippen molar-refractivity contribution in [1.29, 1.82) is 0 Å². The normalized spacial score (nSPS) is 11.8. The number of phenolic OH excluding ortho intramolecular Hbond substituents is 1. The molecule has 0 saturated heterocycles. The van der Waals surface area contributed by atoms with Crippen molar-refractivity contribution >= 4 is 21.7 Å². The Labute approximate surface area is 280 Å². The highest BCUT2D eigenvalue weighted by Gasteiger charge is 2.24. The summed E-state index contributed by atoms with van der Waals surface area (Å²) in [6.07, 6.45) is 5.20. The van der Waals surface area contributed by atoms with Gasteiger partial charge in [-0.3, -0.25) is 9.98 Å². The topological polar surface area (TPSA) is 98.1 Å². The summed E-state index contributed by atoms with van der Waals surface area (Å²) in [6, 6.07) is 39.6. The average molecular weight is 655 g/mol. The molecule has 0 fully saturated rings. The van der Waals surface area contributed by atoms with Crippen LogP contribution in [0.1, 0.15) is 36.1 Å². The van der Waals surface area contributed by atoms with E-state index in [0.29, 0.717) is 17.2 Å². The molecule has 0 amide bonds. The van der Waals surface area contributed by atoms with Crippen molar-refractivity contribution in [2.45, 2.75) is 35.7 Å². The van der Waals surface area contributed by atoms with Gasteiger partial charge in [-0.2, -0.15) is 0 Å². The molecule has 0 aliphatic carbocycles. The second-order valence-corrected chi connectivity index (χ2v) is 13.7. The third-order valence-electron chi connectivity index (χ3n) is 8.07. The van der Waals surface area contributed by atoms with Gasteiger partial charge in [0, 0.05) is 23.4 Å². The number of hydrogen-bond acceptors (Lipinski definition) is 7. The summed E-state index contributed by atoms with van der Waals surface area (Å²) in [4.78, 5) is 8.77. The van der Waals surface area contributed by atoms with E-state index in [4.69, 9.17) is 9.47 Å². The number of nitrogens with zero attached hydrogens (tertiary/aromatic N) is 2. The number of aliphatic imine (C=N–C) groups is 1. The minimum atomic E-state index is -3.76. The molecule has 7 nitrogen and oxygen atoms in total. The second kappa shape index (κ2) is 13.9. The molecule has 240 valence electrons. The fourth-order valence-corrected chi connectivity index (χ4v) is 6.43. The van der Waals surface area contributed by atoms with Crippen LogP contribution in [0, 0.1) is 0 Å². The molecule has 0 aliphatic heterocycles. The van der Waals surface area contributed by atoms with Gasteiger partial charge >= 0.3 is 0 Å². The maximum Gasteiger partial charge on any atom is 0.206 e. The van der Waals surface area contributed by atoms with Crippen molar-refractivity contribution in [3.63, 3.8) is 0 Å². The van der Waals surface area contributed by atoms with E-state index in [-0.39, 0.29) is 27.6 Å². The third kappa shape index (κ3) is 7.45. The number of phenols is 1. The highest BCUT2D eigenvalue weighted by Crippen LogP contribution is 2.36. The Hall–Kier alpha value is -5.73. The quantitative estimate of drug-likeness (QED) is 0.140. The molecule has 0 unspecified atom stereocenters. The van der Waals surface area contributed by atoms with Crippen LogP contribution >= 0.6 is 0 Å². The van der Waals surface area contributed by atoms with E-state index < -0.39 is 9.84 Å². The van der Waals surface area contributed by atoms with E-state index in [9.17, 15) is 13.5 Å². The van der Waals surface area contributed by atoms with Gasteiger partial charge in [0.15, 0.2) is 0 Å². The lowest BCUT2D eigenvalue weighted by Crippen LogP contribution is -2.19. The molecule has 0 aliphatic rings. The molecule has 1 heterocycles. The Morgan fingerprint density at radius 2 is 1.42 bits per heavy atom. The van der Waals surface area contributed by atoms with Gasteiger partial charge in [0.2, 0.25) is 9.84 Å². The van der Waals surface area contributed by atoms with Gasteiger partial charge in [-0.25, -0.2) is 8.42 Å². The maximum absolute atomic E-state index is 13.1. The van der Waals surface area contributed by atoms with Crippen LogP contribution in [0.3, 0.4) is 0 Å². The Morgan fingerprint density at radius 3 is 2.08 bits per heavy atom. The number of aromatic hydroxyl groups is 1. The lowest BCUT2D eigenvalue weighted by Gasteiger charge is -2.27. The molecule has 0 saturated carbocycles. The van der Waals surface area contributed by atoms with Crippen LogP contribution in [0.5, 0.6) is 23.0 Å². The number of hydrogen-bond donors (Lipinski definition) is 1. The lowest BCUT2D eigenvalue weighted by molar-refractivity contribution is 0.300. The van der Waals surface area contributed by atoms with E-state index in [1.54, 1.807) is 30.7 Å². The fourth-order valence-electron chi connectivity index (χ4n) is 5.17. The van der Waals surface area contributed by atoms with E-state index in [0.717, 1.165) is 22.4 Å². The largest absolute Gasteiger partial charge is 0.508 e. The van der Waals surface area contributed by atoms with E-state index in [1.807, 2.05) is 66.7 Å². The molecule has 0 atom stereocenters. The van der Waals surface area contributed by atoms with E-state index in [2.05, 4.69) is 42.0 Å². The second-order valence-electron chi connectivity index (χ2n) is 11.7. The molecular weight excluding hydrogens is 621 g/mol. The van der Waals surface area contributed by atoms with Gasteiger partial charge in [-0.1, -0.05) is 50.2 Å². The minimum Gasteiger partial charge on any atom is -0.508 e. The molecule has 6 rings (SSSR count). The maximum atomic E-state index is 13.1. The fraction of sp³-hybridized carbons (Fsp3) is 0.100. The number of sulfone groups is 1. The first-order chi connectivity index (χ1) is 23.2. The molecule has 5 aromatic carbocycles. The van der Waals surface area contributed by atoms with E-state index in [1.165, 1.54) is 42.0 Å². The summed E-state index contributed by atoms with van der Waals surface area (Å²) in [5, 5.41) is 9.55. The Morgan fingerprint density at radius 1 is 0.750 bits per heavy atom. The van der Waals surface area contributed by atoms with Gasteiger partial charge in [-0.15, -0.1) is 0 Å². The molecule has 6 aromatic rings. The van der Waals surface area contributed by atoms with Crippen LogP contribution in [-0.4, -0.2) is 24.7 Å². The van der Waals surface area contributed by atoms with Crippen molar-refractivity contribution < 1.29 is 23.0 Å². The Balaban J connectivity index is 1.24. The zero-order chi connectivity index (χ0) is 33.6. The van der Waals surface area contributed by atoms with E-state index >= 15 is 0 Å². The predicted octanol–water partition coefficient (Wildman–Crippen LogP) is 9.07. The van der Waals surface area contributed by atoms with Crippen molar-refractivity contribution in [3.8, 4) is 23.0 Å². The molecule has 0 spiro atoms. The first kappa shape index (κ1) is 32.2. The van der Waals surface area contributed by atoms with Crippen LogP contribution in [0.25, 0.3) is 0 Å². The number of aromatic nitrogens is 1. The number of benzene rings is 5. The molecule has 8 heteroatoms. The zero-order valence-corrected chi connectivity index (χ0v) is 27.3. The minimum absolute atomic E-state index is 0.00100. The summed E-state index contributed by atoms with van der Waals surface area (Å²) in [5.74, 6) is 1.76. The zero-order valence-electron chi connectivity index (χ0n) is 26.5. The van der Waals surface area contributed by atoms with Crippen LogP contribution in [0.4, 0.5) is 5.69 Å². The average Bonchev–Trinajstić information content (AvgIpc) is 3.12. The van der Waals surface area contributed by atoms with Gasteiger partial charge < -0.3 is 14.6 Å². The Bertz CT molecular complexity index is 2110. The summed E-state index contributed by atoms with van der Waals surface area (Å²) in [5.41, 5.74) is 4.53. The molecular formula is C40H34N2O5S. The summed E-state index contributed by atoms with van der Waals surface area (Å²) < 4.78 is 38.8. The van der Waals surface area contributed by atoms with Crippen LogP contribution in [-0.2, 0) is 21.9 Å². The number of ether oxygens (including phenoxy) is 2. The lowest BCUT2D eigenvalue weighted by atomic mass is 9.77. The highest BCUT2D eigenvalue weighted by atomic mass is 32.2. The van der Waals surface area contributed by atoms with Gasteiger partial charge in [0.1, 0.15) is 29.6 Å². The van der Waals surface area contributed by atoms with Gasteiger partial charge in [-0.05, 0) is 114 Å². The van der Waals surface area contributed by atoms with Crippen molar-refractivity contribution in [2.24, 2.45) is 4.99 Å². The van der Waals surface area contributed by atoms with Crippen LogP contribution in [0.15, 0.2) is 161 Å². The first-order valence-electron chi connectivity index (χ1n) is 15.4. The third-order valence-corrected chi connectivity index (χ3v) is 9.86. The van der Waals surface area contributed by atoms with Crippen LogP contribution in [0.2, 0.25) is 0 Å². The monoisotopic (exact) mass is 654 g/mol. The standard InChI is InChI=1S/C40H34N2O5S/c1-40(2,31-7-4-3-5-8-31)32-12-23-39(47-36-17-21-38(22-18-36)48(44,45)37-19-13-34(43)14-20-37)30(25-32)28-46-35-15-10-29(11-16-35)26-42-33-9-6-24-41-27-33/h3-27,43H,28H2,1-2H3. The molecule has 0 radical (unpaired) electrons. The first-order valence-corrected chi connectivity index (χ1v) is 16.8. The van der Waals surface area contributed by atoms with Gasteiger partial charge in [0.25, 0.3) is 0 Å². The van der Waals surface area contributed by atoms with Crippen molar-refractivity contribution in [2.75, 3.05) is 0 Å². The molecule has 48 heavy (non-hydrogen) atoms. The number of pyridine rings is 1.